The van der Waals surface area contributed by atoms with E-state index >= 15 is 0 Å². The summed E-state index contributed by atoms with van der Waals surface area (Å²) in [6.07, 6.45) is 0.790. The summed E-state index contributed by atoms with van der Waals surface area (Å²) in [4.78, 5) is 27.9. The van der Waals surface area contributed by atoms with Crippen molar-refractivity contribution in [3.8, 4) is 0 Å². The van der Waals surface area contributed by atoms with Crippen LogP contribution < -0.4 is 0 Å². The lowest BCUT2D eigenvalue weighted by molar-refractivity contribution is -0.140. The molecule has 0 saturated carbocycles. The normalized spacial score (nSPS) is 19.9. The summed E-state index contributed by atoms with van der Waals surface area (Å²) in [6.45, 7) is 1.98. The second kappa shape index (κ2) is 6.49. The molecule has 110 valence electrons. The van der Waals surface area contributed by atoms with Gasteiger partial charge in [-0.1, -0.05) is 6.07 Å². The number of carboxylic acids is 1. The fourth-order valence-electron chi connectivity index (χ4n) is 2.08. The Morgan fingerprint density at radius 3 is 2.95 bits per heavy atom. The summed E-state index contributed by atoms with van der Waals surface area (Å²) in [5.74, 6) is -0.0113. The van der Waals surface area contributed by atoms with Gasteiger partial charge in [-0.3, -0.25) is 0 Å². The van der Waals surface area contributed by atoms with Crippen molar-refractivity contribution in [2.45, 2.75) is 25.4 Å². The quantitative estimate of drug-likeness (QED) is 0.925. The number of nitrogens with zero attached hydrogens (tertiary/aromatic N) is 2. The molecule has 0 aromatic carbocycles. The maximum absolute atomic E-state index is 12.4. The Morgan fingerprint density at radius 1 is 1.60 bits per heavy atom. The highest BCUT2D eigenvalue weighted by Gasteiger charge is 2.36. The molecule has 1 aliphatic heterocycles. The van der Waals surface area contributed by atoms with Gasteiger partial charge in [0.1, 0.15) is 6.04 Å². The fraction of sp³-hybridized carbons (Fsp3) is 0.538. The van der Waals surface area contributed by atoms with E-state index in [1.165, 1.54) is 21.5 Å². The maximum atomic E-state index is 12.4. The topological polar surface area (TPSA) is 60.9 Å². The first-order valence-electron chi connectivity index (χ1n) is 6.37. The molecule has 1 N–H and O–H groups in total. The zero-order valence-electron chi connectivity index (χ0n) is 11.5. The number of carbonyl (C=O) groups excluding carboxylic acids is 1. The van der Waals surface area contributed by atoms with Gasteiger partial charge < -0.3 is 14.9 Å². The highest BCUT2D eigenvalue weighted by atomic mass is 32.2. The first-order valence-corrected chi connectivity index (χ1v) is 8.40. The Bertz CT molecular complexity index is 478. The van der Waals surface area contributed by atoms with Crippen molar-refractivity contribution < 1.29 is 14.7 Å². The fourth-order valence-corrected chi connectivity index (χ4v) is 4.05. The van der Waals surface area contributed by atoms with Gasteiger partial charge in [0.05, 0.1) is 5.88 Å². The van der Waals surface area contributed by atoms with E-state index in [2.05, 4.69) is 0 Å². The number of aliphatic carboxylic acids is 1. The highest BCUT2D eigenvalue weighted by molar-refractivity contribution is 7.99. The summed E-state index contributed by atoms with van der Waals surface area (Å²) in [5.41, 5.74) is 0. The standard InChI is InChI=1S/C13H18N2O3S2/c1-9(6-10-4-3-5-20-10)14(2)13(18)15-8-19-7-11(15)12(16)17/h3-5,9,11H,6-8H2,1-2H3,(H,16,17)/t9?,11-/m0/s1. The molecule has 2 rings (SSSR count). The first kappa shape index (κ1) is 15.2. The van der Waals surface area contributed by atoms with Crippen LogP contribution in [0.5, 0.6) is 0 Å². The van der Waals surface area contributed by atoms with Gasteiger partial charge in [-0.15, -0.1) is 23.1 Å². The number of thiophene rings is 1. The molecule has 0 aliphatic carbocycles. The Balaban J connectivity index is 1.99. The van der Waals surface area contributed by atoms with Crippen molar-refractivity contribution in [2.75, 3.05) is 18.7 Å². The van der Waals surface area contributed by atoms with Crippen molar-refractivity contribution >= 4 is 35.1 Å². The molecule has 5 nitrogen and oxygen atoms in total. The molecule has 7 heteroatoms. The van der Waals surface area contributed by atoms with Crippen LogP contribution in [-0.2, 0) is 11.2 Å². The van der Waals surface area contributed by atoms with Gasteiger partial charge in [0.25, 0.3) is 0 Å². The second-order valence-electron chi connectivity index (χ2n) is 4.85. The predicted octanol–water partition coefficient (Wildman–Crippen LogP) is 2.19. The molecule has 20 heavy (non-hydrogen) atoms. The minimum absolute atomic E-state index is 0.0428. The number of carboxylic acid groups (broad SMARTS) is 1. The van der Waals surface area contributed by atoms with E-state index in [0.29, 0.717) is 11.6 Å². The number of hydrogen-bond acceptors (Lipinski definition) is 4. The van der Waals surface area contributed by atoms with Gasteiger partial charge in [0.15, 0.2) is 0 Å². The summed E-state index contributed by atoms with van der Waals surface area (Å²) >= 11 is 3.15. The maximum Gasteiger partial charge on any atom is 0.327 e. The van der Waals surface area contributed by atoms with Crippen molar-refractivity contribution in [2.24, 2.45) is 0 Å². The van der Waals surface area contributed by atoms with Crippen LogP contribution in [0.3, 0.4) is 0 Å². The molecule has 0 bridgehead atoms. The molecule has 1 aliphatic rings. The molecule has 1 aromatic rings. The van der Waals surface area contributed by atoms with E-state index in [0.717, 1.165) is 6.42 Å². The molecule has 1 aromatic heterocycles. The van der Waals surface area contributed by atoms with Crippen molar-refractivity contribution in [3.63, 3.8) is 0 Å². The zero-order valence-corrected chi connectivity index (χ0v) is 13.1. The van der Waals surface area contributed by atoms with E-state index < -0.39 is 12.0 Å². The number of hydrogen-bond donors (Lipinski definition) is 1. The molecule has 1 saturated heterocycles. The molecule has 1 unspecified atom stereocenters. The van der Waals surface area contributed by atoms with Crippen molar-refractivity contribution in [3.05, 3.63) is 22.4 Å². The monoisotopic (exact) mass is 314 g/mol. The van der Waals surface area contributed by atoms with E-state index in [1.54, 1.807) is 23.3 Å². The molecule has 1 fully saturated rings. The van der Waals surface area contributed by atoms with Gasteiger partial charge in [0, 0.05) is 30.1 Å². The minimum Gasteiger partial charge on any atom is -0.480 e. The van der Waals surface area contributed by atoms with E-state index in [4.69, 9.17) is 5.11 Å². The smallest absolute Gasteiger partial charge is 0.327 e. The van der Waals surface area contributed by atoms with Crippen LogP contribution in [0.1, 0.15) is 11.8 Å². The van der Waals surface area contributed by atoms with Crippen LogP contribution in [-0.4, -0.2) is 57.7 Å². The largest absolute Gasteiger partial charge is 0.480 e. The number of rotatable bonds is 4. The third kappa shape index (κ3) is 3.27. The summed E-state index contributed by atoms with van der Waals surface area (Å²) < 4.78 is 0. The van der Waals surface area contributed by atoms with Crippen molar-refractivity contribution in [1.29, 1.82) is 0 Å². The third-order valence-corrected chi connectivity index (χ3v) is 5.36. The number of thioether (sulfide) groups is 1. The summed E-state index contributed by atoms with van der Waals surface area (Å²) in [5, 5.41) is 11.2. The van der Waals surface area contributed by atoms with Crippen molar-refractivity contribution in [1.82, 2.24) is 9.80 Å². The van der Waals surface area contributed by atoms with Crippen LogP contribution >= 0.6 is 23.1 Å². The Labute approximate surface area is 126 Å². The average molecular weight is 314 g/mol. The molecule has 0 spiro atoms. The van der Waals surface area contributed by atoms with E-state index in [1.807, 2.05) is 24.4 Å². The predicted molar refractivity (Wildman–Crippen MR) is 81.2 cm³/mol. The summed E-state index contributed by atoms with van der Waals surface area (Å²) in [6, 6.07) is 3.17. The number of likely N-dealkylation sites (N-methyl/N-ethyl adjacent to an activating group) is 1. The summed E-state index contributed by atoms with van der Waals surface area (Å²) in [7, 11) is 1.74. The Morgan fingerprint density at radius 2 is 2.35 bits per heavy atom. The number of amides is 2. The molecule has 0 radical (unpaired) electrons. The van der Waals surface area contributed by atoms with Gasteiger partial charge in [-0.25, -0.2) is 9.59 Å². The lowest BCUT2D eigenvalue weighted by Crippen LogP contribution is -2.50. The van der Waals surface area contributed by atoms with E-state index in [9.17, 15) is 9.59 Å². The lowest BCUT2D eigenvalue weighted by atomic mass is 10.2. The van der Waals surface area contributed by atoms with Crippen LogP contribution in [0.4, 0.5) is 4.79 Å². The molecular formula is C13H18N2O3S2. The van der Waals surface area contributed by atoms with Gasteiger partial charge >= 0.3 is 12.0 Å². The van der Waals surface area contributed by atoms with Crippen LogP contribution in [0, 0.1) is 0 Å². The molecular weight excluding hydrogens is 296 g/mol. The van der Waals surface area contributed by atoms with Gasteiger partial charge in [-0.2, -0.15) is 0 Å². The Hall–Kier alpha value is -1.21. The third-order valence-electron chi connectivity index (χ3n) is 3.45. The van der Waals surface area contributed by atoms with Crippen LogP contribution in [0.2, 0.25) is 0 Å². The SMILES string of the molecule is CC(Cc1cccs1)N(C)C(=O)N1CSC[C@H]1C(=O)O. The second-order valence-corrected chi connectivity index (χ2v) is 6.88. The van der Waals surface area contributed by atoms with Gasteiger partial charge in [0.2, 0.25) is 0 Å². The van der Waals surface area contributed by atoms with Crippen LogP contribution in [0.15, 0.2) is 17.5 Å². The number of urea groups is 1. The van der Waals surface area contributed by atoms with Gasteiger partial charge in [-0.05, 0) is 18.4 Å². The molecule has 2 atom stereocenters. The number of carbonyl (C=O) groups is 2. The lowest BCUT2D eigenvalue weighted by Gasteiger charge is -2.31. The molecule has 2 heterocycles. The highest BCUT2D eigenvalue weighted by Crippen LogP contribution is 2.23. The van der Waals surface area contributed by atoms with Crippen LogP contribution in [0.25, 0.3) is 0 Å². The van der Waals surface area contributed by atoms with E-state index in [-0.39, 0.29) is 12.1 Å². The minimum atomic E-state index is -0.928. The first-order chi connectivity index (χ1) is 9.50. The average Bonchev–Trinajstić information content (AvgIpc) is 3.07. The Kier molecular flexibility index (Phi) is 4.93. The molecule has 2 amide bonds. The zero-order chi connectivity index (χ0) is 14.7.